The Morgan fingerprint density at radius 2 is 2.03 bits per heavy atom. The lowest BCUT2D eigenvalue weighted by Crippen LogP contribution is -2.35. The van der Waals surface area contributed by atoms with Gasteiger partial charge in [-0.15, -0.1) is 0 Å². The van der Waals surface area contributed by atoms with Crippen molar-refractivity contribution in [1.29, 1.82) is 0 Å². The molecular weight excluding hydrogens is 444 g/mol. The first-order valence-corrected chi connectivity index (χ1v) is 12.3. The van der Waals surface area contributed by atoms with Gasteiger partial charge >= 0.3 is 0 Å². The zero-order valence-corrected chi connectivity index (χ0v) is 20.3. The number of aryl methyl sites for hydroxylation is 1. The Hall–Kier alpha value is -3.23. The van der Waals surface area contributed by atoms with E-state index in [-0.39, 0.29) is 17.5 Å². The van der Waals surface area contributed by atoms with Crippen LogP contribution in [0.1, 0.15) is 41.6 Å². The summed E-state index contributed by atoms with van der Waals surface area (Å²) in [6.45, 7) is 5.07. The largest absolute Gasteiger partial charge is 0.492 e. The summed E-state index contributed by atoms with van der Waals surface area (Å²) >= 11 is 0. The van der Waals surface area contributed by atoms with Gasteiger partial charge < -0.3 is 14.8 Å². The van der Waals surface area contributed by atoms with Crippen molar-refractivity contribution < 1.29 is 14.3 Å². The summed E-state index contributed by atoms with van der Waals surface area (Å²) in [7, 11) is 1.74. The van der Waals surface area contributed by atoms with E-state index in [0.29, 0.717) is 40.6 Å². The predicted octanol–water partition coefficient (Wildman–Crippen LogP) is 3.08. The van der Waals surface area contributed by atoms with E-state index < -0.39 is 0 Å². The maximum atomic E-state index is 13.4. The van der Waals surface area contributed by atoms with Crippen LogP contribution in [-0.4, -0.2) is 65.9 Å². The summed E-state index contributed by atoms with van der Waals surface area (Å²) in [5, 5.41) is 3.48. The van der Waals surface area contributed by atoms with E-state index in [4.69, 9.17) is 9.47 Å². The molecule has 1 aromatic heterocycles. The van der Waals surface area contributed by atoms with Gasteiger partial charge in [-0.2, -0.15) is 0 Å². The number of carbonyl (C=O) groups is 1. The van der Waals surface area contributed by atoms with E-state index in [0.717, 1.165) is 44.5 Å². The van der Waals surface area contributed by atoms with E-state index in [9.17, 15) is 9.59 Å². The summed E-state index contributed by atoms with van der Waals surface area (Å²) in [6, 6.07) is 11.6. The molecule has 0 spiro atoms. The molecule has 1 saturated heterocycles. The van der Waals surface area contributed by atoms with Crippen molar-refractivity contribution in [1.82, 2.24) is 19.8 Å². The number of ether oxygens (including phenoxy) is 2. The highest BCUT2D eigenvalue weighted by atomic mass is 16.5. The number of carbonyl (C=O) groups excluding carboxylic acids is 1. The number of fused-ring (bicyclic) bond motifs is 1. The number of hydrogen-bond acceptors (Lipinski definition) is 6. The van der Waals surface area contributed by atoms with Crippen LogP contribution in [0, 0.1) is 6.92 Å². The van der Waals surface area contributed by atoms with Crippen LogP contribution in [0.25, 0.3) is 16.6 Å². The summed E-state index contributed by atoms with van der Waals surface area (Å²) < 4.78 is 12.8. The van der Waals surface area contributed by atoms with Crippen LogP contribution in [-0.2, 0) is 4.74 Å². The van der Waals surface area contributed by atoms with E-state index >= 15 is 0 Å². The molecule has 1 aliphatic carbocycles. The fourth-order valence-electron chi connectivity index (χ4n) is 4.72. The van der Waals surface area contributed by atoms with Crippen LogP contribution in [0.3, 0.4) is 0 Å². The topological polar surface area (TPSA) is 85.7 Å². The third-order valence-corrected chi connectivity index (χ3v) is 6.88. The molecular formula is C27H32N4O4. The van der Waals surface area contributed by atoms with E-state index in [1.165, 1.54) is 17.3 Å². The molecule has 5 rings (SSSR count). The molecule has 8 heteroatoms. The Kier molecular flexibility index (Phi) is 6.83. The number of nitrogens with one attached hydrogen (secondary N) is 1. The number of amides is 1. The third kappa shape index (κ3) is 5.23. The average molecular weight is 477 g/mol. The second-order valence-corrected chi connectivity index (χ2v) is 9.48. The number of likely N-dealkylation sites (tertiary alicyclic amines) is 1. The minimum Gasteiger partial charge on any atom is -0.492 e. The number of rotatable bonds is 9. The van der Waals surface area contributed by atoms with Gasteiger partial charge in [-0.1, -0.05) is 6.07 Å². The maximum absolute atomic E-state index is 13.4. The lowest BCUT2D eigenvalue weighted by Gasteiger charge is -2.23. The summed E-state index contributed by atoms with van der Waals surface area (Å²) in [5.74, 6) is 0.530. The smallest absolute Gasteiger partial charge is 0.265 e. The van der Waals surface area contributed by atoms with E-state index in [1.54, 1.807) is 25.3 Å². The van der Waals surface area contributed by atoms with Crippen LogP contribution >= 0.6 is 0 Å². The summed E-state index contributed by atoms with van der Waals surface area (Å²) in [6.07, 6.45) is 5.90. The van der Waals surface area contributed by atoms with Gasteiger partial charge in [0.2, 0.25) is 0 Å². The fourth-order valence-corrected chi connectivity index (χ4v) is 4.72. The Morgan fingerprint density at radius 1 is 1.17 bits per heavy atom. The van der Waals surface area contributed by atoms with Gasteiger partial charge in [0, 0.05) is 31.3 Å². The molecule has 0 unspecified atom stereocenters. The Labute approximate surface area is 204 Å². The first-order valence-electron chi connectivity index (χ1n) is 12.3. The molecule has 1 amide bonds. The highest BCUT2D eigenvalue weighted by Gasteiger charge is 2.25. The monoisotopic (exact) mass is 476 g/mol. The molecule has 1 saturated carbocycles. The molecule has 1 N–H and O–H groups in total. The molecule has 3 aromatic rings. The number of nitrogens with zero attached hydrogens (tertiary/aromatic N) is 3. The highest BCUT2D eigenvalue weighted by molar-refractivity contribution is 5.95. The summed E-state index contributed by atoms with van der Waals surface area (Å²) in [5.41, 5.74) is 2.49. The second-order valence-electron chi connectivity index (χ2n) is 9.48. The SMILES string of the molecule is COC[C@@H]1CCCN1CCOc1ccc2ncn(-c3cc(C(=O)NC4CC4)ccc3C)c(=O)c2c1. The summed E-state index contributed by atoms with van der Waals surface area (Å²) in [4.78, 5) is 32.9. The number of hydrogen-bond donors (Lipinski definition) is 1. The third-order valence-electron chi connectivity index (χ3n) is 6.88. The molecule has 2 aliphatic rings. The van der Waals surface area contributed by atoms with Gasteiger partial charge in [-0.05, 0) is 75.0 Å². The Bertz CT molecular complexity index is 1280. The maximum Gasteiger partial charge on any atom is 0.265 e. The van der Waals surface area contributed by atoms with Gasteiger partial charge in [0.1, 0.15) is 18.7 Å². The standard InChI is InChI=1S/C27H32N4O4/c1-18-5-6-19(26(32)29-20-7-8-20)14-25(18)31-17-28-24-10-9-22(15-23(24)27(31)33)35-13-12-30-11-3-4-21(30)16-34-2/h5-6,9-10,14-15,17,20-21H,3-4,7-8,11-13,16H2,1-2H3,(H,29,32)/t21-/m0/s1. The van der Waals surface area contributed by atoms with Crippen molar-refractivity contribution in [2.24, 2.45) is 0 Å². The van der Waals surface area contributed by atoms with Crippen LogP contribution in [0.5, 0.6) is 5.75 Å². The molecule has 2 aromatic carbocycles. The van der Waals surface area contributed by atoms with Gasteiger partial charge in [0.05, 0.1) is 23.2 Å². The molecule has 0 radical (unpaired) electrons. The minimum absolute atomic E-state index is 0.114. The Balaban J connectivity index is 1.36. The molecule has 8 nitrogen and oxygen atoms in total. The second kappa shape index (κ2) is 10.2. The first kappa shape index (κ1) is 23.5. The van der Waals surface area contributed by atoms with Crippen LogP contribution in [0.2, 0.25) is 0 Å². The molecule has 184 valence electrons. The molecule has 1 atom stereocenters. The fraction of sp³-hybridized carbons (Fsp3) is 0.444. The van der Waals surface area contributed by atoms with E-state index in [1.807, 2.05) is 25.1 Å². The predicted molar refractivity (Wildman–Crippen MR) is 135 cm³/mol. The van der Waals surface area contributed by atoms with Crippen LogP contribution in [0.4, 0.5) is 0 Å². The van der Waals surface area contributed by atoms with E-state index in [2.05, 4.69) is 15.2 Å². The normalized spacial score (nSPS) is 18.2. The molecule has 0 bridgehead atoms. The van der Waals surface area contributed by atoms with Crippen LogP contribution in [0.15, 0.2) is 47.5 Å². The highest BCUT2D eigenvalue weighted by Crippen LogP contribution is 2.22. The molecule has 1 aliphatic heterocycles. The van der Waals surface area contributed by atoms with Crippen molar-refractivity contribution in [2.75, 3.05) is 33.4 Å². The zero-order chi connectivity index (χ0) is 24.4. The number of benzene rings is 2. The van der Waals surface area contributed by atoms with Crippen molar-refractivity contribution in [3.05, 3.63) is 64.2 Å². The minimum atomic E-state index is -0.192. The lowest BCUT2D eigenvalue weighted by atomic mass is 10.1. The van der Waals surface area contributed by atoms with Gasteiger partial charge in [-0.3, -0.25) is 19.1 Å². The molecule has 2 fully saturated rings. The van der Waals surface area contributed by atoms with Crippen LogP contribution < -0.4 is 15.6 Å². The zero-order valence-electron chi connectivity index (χ0n) is 20.3. The Morgan fingerprint density at radius 3 is 2.83 bits per heavy atom. The van der Waals surface area contributed by atoms with Crippen molar-refractivity contribution in [3.8, 4) is 11.4 Å². The van der Waals surface area contributed by atoms with Crippen molar-refractivity contribution >= 4 is 16.8 Å². The first-order chi connectivity index (χ1) is 17.0. The average Bonchev–Trinajstić information content (AvgIpc) is 3.57. The molecule has 2 heterocycles. The molecule has 35 heavy (non-hydrogen) atoms. The quantitative estimate of drug-likeness (QED) is 0.511. The lowest BCUT2D eigenvalue weighted by molar-refractivity contribution is 0.0951. The van der Waals surface area contributed by atoms with Gasteiger partial charge in [0.15, 0.2) is 0 Å². The van der Waals surface area contributed by atoms with Gasteiger partial charge in [-0.25, -0.2) is 4.98 Å². The number of aromatic nitrogens is 2. The van der Waals surface area contributed by atoms with Gasteiger partial charge in [0.25, 0.3) is 11.5 Å². The van der Waals surface area contributed by atoms with Crippen molar-refractivity contribution in [2.45, 2.75) is 44.7 Å². The van der Waals surface area contributed by atoms with Crippen molar-refractivity contribution in [3.63, 3.8) is 0 Å². The number of methoxy groups -OCH3 is 1.